The number of hydrogen-bond donors (Lipinski definition) is 1. The summed E-state index contributed by atoms with van der Waals surface area (Å²) >= 11 is 0. The fourth-order valence-electron chi connectivity index (χ4n) is 9.16. The van der Waals surface area contributed by atoms with Gasteiger partial charge in [0.25, 0.3) is 0 Å². The number of aliphatic imine (C=N–C) groups is 1. The fourth-order valence-corrected chi connectivity index (χ4v) is 9.16. The molecule has 0 fully saturated rings. The summed E-state index contributed by atoms with van der Waals surface area (Å²) < 4.78 is 2.30. The largest absolute Gasteiger partial charge is 0.360 e. The minimum Gasteiger partial charge on any atom is -0.360 e. The third kappa shape index (κ3) is 7.35. The van der Waals surface area contributed by atoms with Crippen LogP contribution in [-0.4, -0.2) is 10.3 Å². The zero-order valence-corrected chi connectivity index (χ0v) is 35.8. The van der Waals surface area contributed by atoms with Gasteiger partial charge in [0.15, 0.2) is 0 Å². The van der Waals surface area contributed by atoms with Crippen LogP contribution in [0.3, 0.4) is 0 Å². The number of benzene rings is 9. The molecule has 1 N–H and O–H groups in total. The number of fused-ring (bicyclic) bond motifs is 3. The Kier molecular flexibility index (Phi) is 10.3. The predicted octanol–water partition coefficient (Wildman–Crippen LogP) is 14.5. The molecule has 0 aliphatic carbocycles. The molecule has 9 aromatic carbocycles. The molecule has 6 heteroatoms. The second kappa shape index (κ2) is 17.1. The maximum absolute atomic E-state index is 10.6. The Hall–Kier alpha value is -9.23. The lowest BCUT2D eigenvalue weighted by Crippen LogP contribution is -2.24. The van der Waals surface area contributed by atoms with Crippen LogP contribution in [0.1, 0.15) is 34.0 Å². The van der Waals surface area contributed by atoms with Gasteiger partial charge < -0.3 is 14.8 Å². The van der Waals surface area contributed by atoms with Gasteiger partial charge in [0.1, 0.15) is 6.17 Å². The van der Waals surface area contributed by atoms with Crippen molar-refractivity contribution in [1.29, 1.82) is 10.5 Å². The number of para-hydroxylation sites is 3. The van der Waals surface area contributed by atoms with Gasteiger partial charge in [-0.1, -0.05) is 152 Å². The molecule has 0 saturated carbocycles. The molecule has 1 aromatic heterocycles. The van der Waals surface area contributed by atoms with Crippen LogP contribution in [0.5, 0.6) is 0 Å². The van der Waals surface area contributed by atoms with Crippen LogP contribution in [0, 0.1) is 22.7 Å². The number of hydrogen-bond acceptors (Lipinski definition) is 5. The normalized spacial score (nSPS) is 13.3. The standard InChI is InChI=1S/C60H40N6/c61-39-47-35-46(36-48(40-62)59(47)44-27-25-43(26-28-44)56-38-55(42-15-5-1-6-16-42)63-60(64-56)45-17-7-2-8-18-45)41-29-31-51(32-30-41)66-57-24-14-13-23-53(57)54-37-52(33-34-58(54)66)65(49-19-9-3-10-20-49)50-21-11-4-12-22-50/h1-38,60,64H. The summed E-state index contributed by atoms with van der Waals surface area (Å²) in [6.45, 7) is 0. The SMILES string of the molecule is N#Cc1cc(-c2ccc(-n3c4ccccc4c4cc(N(c5ccccc5)c5ccccc5)ccc43)cc2)cc(C#N)c1-c1ccc(C2=CC(c3ccccc3)=NC(c3ccccc3)N2)cc1. The van der Waals surface area contributed by atoms with E-state index >= 15 is 0 Å². The van der Waals surface area contributed by atoms with E-state index in [1.54, 1.807) is 0 Å². The minimum atomic E-state index is -0.259. The second-order valence-corrected chi connectivity index (χ2v) is 16.3. The monoisotopic (exact) mass is 844 g/mol. The summed E-state index contributed by atoms with van der Waals surface area (Å²) in [5.41, 5.74) is 15.4. The van der Waals surface area contributed by atoms with E-state index < -0.39 is 0 Å². The Morgan fingerprint density at radius 3 is 1.64 bits per heavy atom. The molecular formula is C60H40N6. The van der Waals surface area contributed by atoms with E-state index in [-0.39, 0.29) is 6.17 Å². The Balaban J connectivity index is 0.913. The molecule has 1 aliphatic rings. The first-order valence-electron chi connectivity index (χ1n) is 21.9. The molecule has 0 saturated heterocycles. The van der Waals surface area contributed by atoms with E-state index in [9.17, 15) is 10.5 Å². The highest BCUT2D eigenvalue weighted by atomic mass is 15.1. The average molecular weight is 845 g/mol. The number of nitriles is 2. The van der Waals surface area contributed by atoms with Crippen molar-refractivity contribution in [2.24, 2.45) is 4.99 Å². The van der Waals surface area contributed by atoms with E-state index in [1.807, 2.05) is 84.9 Å². The summed E-state index contributed by atoms with van der Waals surface area (Å²) in [5.74, 6) is 0. The highest BCUT2D eigenvalue weighted by Crippen LogP contribution is 2.40. The Morgan fingerprint density at radius 2 is 1.00 bits per heavy atom. The minimum absolute atomic E-state index is 0.259. The first kappa shape index (κ1) is 39.6. The molecule has 1 unspecified atom stereocenters. The molecule has 2 heterocycles. The Morgan fingerprint density at radius 1 is 0.455 bits per heavy atom. The molecule has 0 amide bonds. The lowest BCUT2D eigenvalue weighted by Gasteiger charge is -2.25. The van der Waals surface area contributed by atoms with Crippen molar-refractivity contribution in [3.8, 4) is 40.1 Å². The molecule has 11 rings (SSSR count). The molecule has 10 aromatic rings. The van der Waals surface area contributed by atoms with Gasteiger partial charge in [0.2, 0.25) is 0 Å². The van der Waals surface area contributed by atoms with Gasteiger partial charge in [-0.2, -0.15) is 10.5 Å². The quantitative estimate of drug-likeness (QED) is 0.157. The van der Waals surface area contributed by atoms with Gasteiger partial charge in [-0.3, -0.25) is 4.99 Å². The molecule has 0 bridgehead atoms. The van der Waals surface area contributed by atoms with Crippen LogP contribution in [0.25, 0.3) is 55.4 Å². The van der Waals surface area contributed by atoms with E-state index in [1.165, 1.54) is 0 Å². The summed E-state index contributed by atoms with van der Waals surface area (Å²) in [7, 11) is 0. The van der Waals surface area contributed by atoms with Crippen LogP contribution < -0.4 is 10.2 Å². The van der Waals surface area contributed by atoms with Gasteiger partial charge >= 0.3 is 0 Å². The van der Waals surface area contributed by atoms with Crippen LogP contribution in [0.4, 0.5) is 17.1 Å². The van der Waals surface area contributed by atoms with E-state index in [0.29, 0.717) is 16.7 Å². The van der Waals surface area contributed by atoms with Crippen molar-refractivity contribution in [3.05, 3.63) is 258 Å². The van der Waals surface area contributed by atoms with Gasteiger partial charge in [0.05, 0.1) is 40.0 Å². The Bertz CT molecular complexity index is 3470. The van der Waals surface area contributed by atoms with E-state index in [4.69, 9.17) is 4.99 Å². The highest BCUT2D eigenvalue weighted by molar-refractivity contribution is 6.13. The number of aromatic nitrogens is 1. The predicted molar refractivity (Wildman–Crippen MR) is 269 cm³/mol. The van der Waals surface area contributed by atoms with Crippen molar-refractivity contribution in [2.45, 2.75) is 6.17 Å². The third-order valence-electron chi connectivity index (χ3n) is 12.3. The lowest BCUT2D eigenvalue weighted by atomic mass is 9.90. The fraction of sp³-hybridized carbons (Fsp3) is 0.0167. The van der Waals surface area contributed by atoms with E-state index in [2.05, 4.69) is 173 Å². The zero-order valence-electron chi connectivity index (χ0n) is 35.8. The average Bonchev–Trinajstić information content (AvgIpc) is 3.73. The maximum atomic E-state index is 10.6. The van der Waals surface area contributed by atoms with Crippen molar-refractivity contribution in [1.82, 2.24) is 9.88 Å². The summed E-state index contributed by atoms with van der Waals surface area (Å²) in [4.78, 5) is 7.35. The van der Waals surface area contributed by atoms with Crippen molar-refractivity contribution in [3.63, 3.8) is 0 Å². The van der Waals surface area contributed by atoms with Crippen molar-refractivity contribution in [2.75, 3.05) is 4.90 Å². The number of allylic oxidation sites excluding steroid dienone is 1. The van der Waals surface area contributed by atoms with Gasteiger partial charge in [0, 0.05) is 44.8 Å². The lowest BCUT2D eigenvalue weighted by molar-refractivity contribution is 0.664. The second-order valence-electron chi connectivity index (χ2n) is 16.3. The molecule has 0 radical (unpaired) electrons. The molecule has 1 aliphatic heterocycles. The van der Waals surface area contributed by atoms with Gasteiger partial charge in [-0.05, 0) is 112 Å². The number of nitrogens with zero attached hydrogens (tertiary/aromatic N) is 5. The van der Waals surface area contributed by atoms with Gasteiger partial charge in [-0.15, -0.1) is 0 Å². The number of rotatable bonds is 9. The molecule has 0 spiro atoms. The van der Waals surface area contributed by atoms with Crippen LogP contribution in [-0.2, 0) is 0 Å². The van der Waals surface area contributed by atoms with Crippen molar-refractivity contribution < 1.29 is 0 Å². The maximum Gasteiger partial charge on any atom is 0.145 e. The van der Waals surface area contributed by atoms with Crippen molar-refractivity contribution >= 4 is 50.3 Å². The molecule has 6 nitrogen and oxygen atoms in total. The molecule has 66 heavy (non-hydrogen) atoms. The third-order valence-corrected chi connectivity index (χ3v) is 12.3. The molecule has 310 valence electrons. The van der Waals surface area contributed by atoms with Crippen LogP contribution >= 0.6 is 0 Å². The topological polar surface area (TPSA) is 80.1 Å². The summed E-state index contributed by atoms with van der Waals surface area (Å²) in [6, 6.07) is 81.6. The van der Waals surface area contributed by atoms with Gasteiger partial charge in [-0.25, -0.2) is 0 Å². The smallest absolute Gasteiger partial charge is 0.145 e. The van der Waals surface area contributed by atoms with Crippen LogP contribution in [0.2, 0.25) is 0 Å². The van der Waals surface area contributed by atoms with E-state index in [0.717, 1.165) is 89.3 Å². The first-order chi connectivity index (χ1) is 32.6. The summed E-state index contributed by atoms with van der Waals surface area (Å²) in [6.07, 6.45) is 1.82. The summed E-state index contributed by atoms with van der Waals surface area (Å²) in [5, 5.41) is 27.1. The number of anilines is 3. The van der Waals surface area contributed by atoms with Crippen LogP contribution in [0.15, 0.2) is 236 Å². The first-order valence-corrected chi connectivity index (χ1v) is 21.9. The number of nitrogens with one attached hydrogen (secondary N) is 1. The highest BCUT2D eigenvalue weighted by Gasteiger charge is 2.21. The molecule has 1 atom stereocenters. The zero-order chi connectivity index (χ0) is 44.4. The molecular weight excluding hydrogens is 805 g/mol. The Labute approximate surface area is 383 Å².